The van der Waals surface area contributed by atoms with E-state index in [4.69, 9.17) is 0 Å². The zero-order valence-corrected chi connectivity index (χ0v) is 27.4. The number of rotatable bonds is 30. The van der Waals surface area contributed by atoms with Gasteiger partial charge in [-0.05, 0) is 38.2 Å². The summed E-state index contributed by atoms with van der Waals surface area (Å²) in [5.74, 6) is 0. The average molecular weight is 543 g/mol. The molecule has 0 atom stereocenters. The van der Waals surface area contributed by atoms with Crippen molar-refractivity contribution in [3.8, 4) is 0 Å². The van der Waals surface area contributed by atoms with Crippen molar-refractivity contribution in [1.82, 2.24) is 0 Å². The van der Waals surface area contributed by atoms with Crippen molar-refractivity contribution in [3.63, 3.8) is 0 Å². The summed E-state index contributed by atoms with van der Waals surface area (Å²) in [5.41, 5.74) is 3.19. The maximum Gasteiger partial charge on any atom is 0.171 e. The van der Waals surface area contributed by atoms with E-state index in [1.165, 1.54) is 193 Å². The van der Waals surface area contributed by atoms with E-state index in [-0.39, 0.29) is 0 Å². The molecule has 0 aliphatic heterocycles. The fraction of sp³-hybridized carbons (Fsp3) is 0.868. The molecule has 0 saturated heterocycles. The molecule has 0 N–H and O–H groups in total. The Morgan fingerprint density at radius 2 is 0.641 bits per heavy atom. The number of unbranched alkanes of at least 4 members (excludes halogenated alkanes) is 24. The molecular weight excluding hydrogens is 470 g/mol. The Labute approximate surface area is 247 Å². The van der Waals surface area contributed by atoms with Crippen LogP contribution in [0.25, 0.3) is 0 Å². The van der Waals surface area contributed by atoms with Crippen LogP contribution in [0.1, 0.15) is 205 Å². The topological polar surface area (TPSA) is 3.88 Å². The van der Waals surface area contributed by atoms with Gasteiger partial charge in [0.05, 0.1) is 0 Å². The van der Waals surface area contributed by atoms with Gasteiger partial charge in [0.1, 0.15) is 6.54 Å². The first-order chi connectivity index (χ1) is 19.3. The highest BCUT2D eigenvalue weighted by Crippen LogP contribution is 2.15. The zero-order valence-electron chi connectivity index (χ0n) is 27.4. The first-order valence-electron chi connectivity index (χ1n) is 18.3. The highest BCUT2D eigenvalue weighted by Gasteiger charge is 2.09. The Kier molecular flexibility index (Phi) is 26.6. The second-order valence-electron chi connectivity index (χ2n) is 12.8. The molecule has 0 aliphatic rings. The van der Waals surface area contributed by atoms with E-state index < -0.39 is 0 Å². The van der Waals surface area contributed by atoms with Gasteiger partial charge in [0.25, 0.3) is 0 Å². The van der Waals surface area contributed by atoms with E-state index in [0.29, 0.717) is 0 Å². The largest absolute Gasteiger partial charge is 0.205 e. The highest BCUT2D eigenvalue weighted by atomic mass is 14.9. The molecule has 228 valence electrons. The van der Waals surface area contributed by atoms with Gasteiger partial charge in [-0.2, -0.15) is 0 Å². The molecule has 0 saturated carbocycles. The van der Waals surface area contributed by atoms with Crippen LogP contribution in [0.5, 0.6) is 0 Å². The molecule has 1 aromatic heterocycles. The lowest BCUT2D eigenvalue weighted by molar-refractivity contribution is -0.698. The fourth-order valence-corrected chi connectivity index (χ4v) is 6.06. The highest BCUT2D eigenvalue weighted by molar-refractivity contribution is 5.15. The molecule has 0 aliphatic carbocycles. The Bertz CT molecular complexity index is 585. The summed E-state index contributed by atoms with van der Waals surface area (Å²) in [6.45, 7) is 8.15. The van der Waals surface area contributed by atoms with Crippen LogP contribution in [-0.2, 0) is 19.4 Å². The van der Waals surface area contributed by atoms with Crippen LogP contribution in [-0.4, -0.2) is 0 Å². The van der Waals surface area contributed by atoms with E-state index in [1.807, 2.05) is 0 Å². The number of aromatic nitrogens is 1. The lowest BCUT2D eigenvalue weighted by Gasteiger charge is -2.07. The first kappa shape index (κ1) is 36.2. The quantitative estimate of drug-likeness (QED) is 0.0672. The van der Waals surface area contributed by atoms with Crippen LogP contribution in [0.2, 0.25) is 0 Å². The van der Waals surface area contributed by atoms with Crippen LogP contribution in [0.3, 0.4) is 0 Å². The van der Waals surface area contributed by atoms with Crippen molar-refractivity contribution in [2.45, 2.75) is 214 Å². The van der Waals surface area contributed by atoms with E-state index in [9.17, 15) is 0 Å². The summed E-state index contributed by atoms with van der Waals surface area (Å²) in [6, 6.07) is 2.55. The van der Waals surface area contributed by atoms with Gasteiger partial charge >= 0.3 is 0 Å². The molecule has 1 rings (SSSR count). The van der Waals surface area contributed by atoms with Gasteiger partial charge in [0, 0.05) is 17.5 Å². The normalized spacial score (nSPS) is 11.5. The molecule has 1 heteroatoms. The van der Waals surface area contributed by atoms with Gasteiger partial charge in [-0.3, -0.25) is 0 Å². The van der Waals surface area contributed by atoms with Crippen molar-refractivity contribution in [2.24, 2.45) is 0 Å². The van der Waals surface area contributed by atoms with E-state index in [2.05, 4.69) is 43.8 Å². The fourth-order valence-electron chi connectivity index (χ4n) is 6.06. The van der Waals surface area contributed by atoms with Gasteiger partial charge in [0.2, 0.25) is 0 Å². The minimum Gasteiger partial charge on any atom is -0.205 e. The predicted molar refractivity (Wildman–Crippen MR) is 176 cm³/mol. The maximum absolute atomic E-state index is 2.56. The molecule has 0 amide bonds. The molecule has 0 spiro atoms. The minimum absolute atomic E-state index is 1.21. The second kappa shape index (κ2) is 28.7. The monoisotopic (exact) mass is 543 g/mol. The lowest BCUT2D eigenvalue weighted by atomic mass is 10.0. The van der Waals surface area contributed by atoms with Gasteiger partial charge in [-0.25, -0.2) is 4.57 Å². The van der Waals surface area contributed by atoms with Crippen molar-refractivity contribution >= 4 is 0 Å². The molecule has 1 heterocycles. The maximum atomic E-state index is 2.56. The molecule has 0 aromatic carbocycles. The Hall–Kier alpha value is -0.850. The standard InChI is InChI=1S/C38H72N/c1-4-7-10-13-16-17-18-19-20-21-24-27-30-33-39-35-37(31-28-25-22-14-11-8-5-2)34-38(36-39)32-29-26-23-15-12-9-6-3/h34-36H,4-33H2,1-3H3/q+1. The van der Waals surface area contributed by atoms with Crippen LogP contribution in [0.4, 0.5) is 0 Å². The summed E-state index contributed by atoms with van der Waals surface area (Å²) >= 11 is 0. The third kappa shape index (κ3) is 23.5. The molecule has 1 aromatic rings. The Morgan fingerprint density at radius 3 is 0.974 bits per heavy atom. The summed E-state index contributed by atoms with van der Waals surface area (Å²) in [6.07, 6.45) is 45.9. The van der Waals surface area contributed by atoms with Gasteiger partial charge < -0.3 is 0 Å². The summed E-state index contributed by atoms with van der Waals surface area (Å²) in [4.78, 5) is 0. The molecule has 0 unspecified atom stereocenters. The van der Waals surface area contributed by atoms with Crippen LogP contribution in [0, 0.1) is 0 Å². The Morgan fingerprint density at radius 1 is 0.359 bits per heavy atom. The van der Waals surface area contributed by atoms with Crippen molar-refractivity contribution in [1.29, 1.82) is 0 Å². The van der Waals surface area contributed by atoms with Crippen molar-refractivity contribution in [2.75, 3.05) is 0 Å². The molecule has 0 fully saturated rings. The zero-order chi connectivity index (χ0) is 28.1. The first-order valence-corrected chi connectivity index (χ1v) is 18.3. The minimum atomic E-state index is 1.21. The second-order valence-corrected chi connectivity index (χ2v) is 12.8. The smallest absolute Gasteiger partial charge is 0.171 e. The summed E-state index contributed by atoms with van der Waals surface area (Å²) in [5, 5.41) is 0. The molecular formula is C38H72N+. The van der Waals surface area contributed by atoms with Gasteiger partial charge in [-0.1, -0.05) is 168 Å². The number of hydrogen-bond donors (Lipinski definition) is 0. The number of nitrogens with zero attached hydrogens (tertiary/aromatic N) is 1. The SMILES string of the molecule is CCCCCCCCCCCCCCC[n+]1cc(CCCCCCCCC)cc(CCCCCCCCC)c1. The number of aryl methyl sites for hydroxylation is 3. The van der Waals surface area contributed by atoms with Crippen LogP contribution >= 0.6 is 0 Å². The molecule has 39 heavy (non-hydrogen) atoms. The molecule has 0 bridgehead atoms. The van der Waals surface area contributed by atoms with E-state index in [1.54, 1.807) is 11.1 Å². The van der Waals surface area contributed by atoms with Crippen LogP contribution < -0.4 is 4.57 Å². The number of pyridine rings is 1. The number of hydrogen-bond acceptors (Lipinski definition) is 0. The van der Waals surface area contributed by atoms with Gasteiger partial charge in [0.15, 0.2) is 12.4 Å². The molecule has 0 radical (unpaired) electrons. The lowest BCUT2D eigenvalue weighted by Crippen LogP contribution is -2.34. The predicted octanol–water partition coefficient (Wildman–Crippen LogP) is 12.7. The van der Waals surface area contributed by atoms with Gasteiger partial charge in [-0.15, -0.1) is 0 Å². The summed E-state index contributed by atoms with van der Waals surface area (Å²) in [7, 11) is 0. The van der Waals surface area contributed by atoms with Crippen LogP contribution in [0.15, 0.2) is 18.5 Å². The molecule has 1 nitrogen and oxygen atoms in total. The Balaban J connectivity index is 2.31. The van der Waals surface area contributed by atoms with E-state index >= 15 is 0 Å². The summed E-state index contributed by atoms with van der Waals surface area (Å²) < 4.78 is 2.56. The third-order valence-electron chi connectivity index (χ3n) is 8.69. The van der Waals surface area contributed by atoms with Crippen molar-refractivity contribution in [3.05, 3.63) is 29.6 Å². The third-order valence-corrected chi connectivity index (χ3v) is 8.69. The van der Waals surface area contributed by atoms with Crippen molar-refractivity contribution < 1.29 is 4.57 Å². The van der Waals surface area contributed by atoms with E-state index in [0.717, 1.165) is 0 Å². The average Bonchev–Trinajstić information content (AvgIpc) is 2.94.